The van der Waals surface area contributed by atoms with E-state index >= 15 is 0 Å². The molecule has 0 radical (unpaired) electrons. The predicted octanol–water partition coefficient (Wildman–Crippen LogP) is 2.44. The smallest absolute Gasteiger partial charge is 0.0640 e. The summed E-state index contributed by atoms with van der Waals surface area (Å²) in [7, 11) is 2.04. The highest BCUT2D eigenvalue weighted by Gasteiger charge is 2.29. The Morgan fingerprint density at radius 3 is 2.93 bits per heavy atom. The van der Waals surface area contributed by atoms with Crippen LogP contribution in [0.3, 0.4) is 0 Å². The molecule has 1 saturated heterocycles. The lowest BCUT2D eigenvalue weighted by Gasteiger charge is -2.35. The summed E-state index contributed by atoms with van der Waals surface area (Å²) in [5.41, 5.74) is 0. The van der Waals surface area contributed by atoms with Crippen molar-refractivity contribution in [3.8, 4) is 0 Å². The van der Waals surface area contributed by atoms with Gasteiger partial charge < -0.3 is 10.1 Å². The van der Waals surface area contributed by atoms with Crippen LogP contribution >= 0.6 is 0 Å². The SMILES string of the molecule is CCCC(C)C1OCCCC1CNC. The highest BCUT2D eigenvalue weighted by molar-refractivity contribution is 4.79. The van der Waals surface area contributed by atoms with Gasteiger partial charge in [0.1, 0.15) is 0 Å². The van der Waals surface area contributed by atoms with E-state index in [9.17, 15) is 0 Å². The summed E-state index contributed by atoms with van der Waals surface area (Å²) >= 11 is 0. The molecule has 0 aliphatic carbocycles. The molecule has 1 heterocycles. The number of hydrogen-bond donors (Lipinski definition) is 1. The molecule has 0 aromatic heterocycles. The van der Waals surface area contributed by atoms with E-state index in [4.69, 9.17) is 4.74 Å². The van der Waals surface area contributed by atoms with Gasteiger partial charge in [-0.3, -0.25) is 0 Å². The Morgan fingerprint density at radius 1 is 1.50 bits per heavy atom. The number of ether oxygens (including phenoxy) is 1. The first kappa shape index (κ1) is 12.0. The second-order valence-electron chi connectivity index (χ2n) is 4.56. The Balaban J connectivity index is 2.44. The van der Waals surface area contributed by atoms with E-state index in [0.29, 0.717) is 6.10 Å². The van der Waals surface area contributed by atoms with E-state index in [0.717, 1.165) is 25.0 Å². The summed E-state index contributed by atoms with van der Waals surface area (Å²) in [6.45, 7) is 6.67. The second-order valence-corrected chi connectivity index (χ2v) is 4.56. The van der Waals surface area contributed by atoms with Gasteiger partial charge in [0.25, 0.3) is 0 Å². The van der Waals surface area contributed by atoms with Crippen molar-refractivity contribution >= 4 is 0 Å². The maximum Gasteiger partial charge on any atom is 0.0640 e. The monoisotopic (exact) mass is 199 g/mol. The highest BCUT2D eigenvalue weighted by atomic mass is 16.5. The molecular weight excluding hydrogens is 174 g/mol. The van der Waals surface area contributed by atoms with Crippen LogP contribution in [0.25, 0.3) is 0 Å². The summed E-state index contributed by atoms with van der Waals surface area (Å²) in [6, 6.07) is 0. The molecule has 0 bridgehead atoms. The Bertz CT molecular complexity index is 147. The van der Waals surface area contributed by atoms with Gasteiger partial charge in [0.2, 0.25) is 0 Å². The highest BCUT2D eigenvalue weighted by Crippen LogP contribution is 2.28. The first-order valence-corrected chi connectivity index (χ1v) is 6.05. The molecule has 2 heteroatoms. The first-order valence-electron chi connectivity index (χ1n) is 6.05. The van der Waals surface area contributed by atoms with E-state index < -0.39 is 0 Å². The van der Waals surface area contributed by atoms with Gasteiger partial charge in [0.15, 0.2) is 0 Å². The lowest BCUT2D eigenvalue weighted by molar-refractivity contribution is -0.0571. The van der Waals surface area contributed by atoms with Crippen LogP contribution < -0.4 is 5.32 Å². The van der Waals surface area contributed by atoms with Gasteiger partial charge in [-0.25, -0.2) is 0 Å². The molecule has 0 spiro atoms. The van der Waals surface area contributed by atoms with Crippen LogP contribution in [-0.4, -0.2) is 26.3 Å². The molecule has 1 fully saturated rings. The van der Waals surface area contributed by atoms with Crippen LogP contribution in [0.5, 0.6) is 0 Å². The minimum absolute atomic E-state index is 0.496. The van der Waals surface area contributed by atoms with E-state index in [-0.39, 0.29) is 0 Å². The molecule has 14 heavy (non-hydrogen) atoms. The average molecular weight is 199 g/mol. The Morgan fingerprint density at radius 2 is 2.29 bits per heavy atom. The Labute approximate surface area is 88.4 Å². The maximum absolute atomic E-state index is 5.92. The van der Waals surface area contributed by atoms with Gasteiger partial charge >= 0.3 is 0 Å². The molecule has 0 aromatic carbocycles. The summed E-state index contributed by atoms with van der Waals surface area (Å²) < 4.78 is 5.92. The third-order valence-corrected chi connectivity index (χ3v) is 3.27. The van der Waals surface area contributed by atoms with Crippen LogP contribution in [-0.2, 0) is 4.74 Å². The molecule has 2 nitrogen and oxygen atoms in total. The molecule has 1 rings (SSSR count). The quantitative estimate of drug-likeness (QED) is 0.734. The van der Waals surface area contributed by atoms with Crippen molar-refractivity contribution in [3.05, 3.63) is 0 Å². The van der Waals surface area contributed by atoms with E-state index in [1.807, 2.05) is 7.05 Å². The lowest BCUT2D eigenvalue weighted by atomic mass is 9.84. The molecule has 84 valence electrons. The Kier molecular flexibility index (Phi) is 5.49. The summed E-state index contributed by atoms with van der Waals surface area (Å²) in [5.74, 6) is 1.45. The fourth-order valence-corrected chi connectivity index (χ4v) is 2.59. The molecule has 1 aliphatic rings. The van der Waals surface area contributed by atoms with Crippen LogP contribution in [0, 0.1) is 11.8 Å². The second kappa shape index (κ2) is 6.41. The number of nitrogens with one attached hydrogen (secondary N) is 1. The van der Waals surface area contributed by atoms with Gasteiger partial charge in [0.05, 0.1) is 6.10 Å². The molecule has 0 aromatic rings. The third-order valence-electron chi connectivity index (χ3n) is 3.27. The van der Waals surface area contributed by atoms with Gasteiger partial charge in [-0.2, -0.15) is 0 Å². The van der Waals surface area contributed by atoms with Crippen molar-refractivity contribution in [2.45, 2.75) is 45.6 Å². The molecule has 3 unspecified atom stereocenters. The van der Waals surface area contributed by atoms with Gasteiger partial charge in [0, 0.05) is 13.2 Å². The zero-order valence-corrected chi connectivity index (χ0v) is 9.88. The minimum Gasteiger partial charge on any atom is -0.378 e. The van der Waals surface area contributed by atoms with Gasteiger partial charge in [-0.05, 0) is 38.1 Å². The third kappa shape index (κ3) is 3.25. The largest absolute Gasteiger partial charge is 0.378 e. The molecule has 3 atom stereocenters. The molecule has 1 N–H and O–H groups in total. The fourth-order valence-electron chi connectivity index (χ4n) is 2.59. The van der Waals surface area contributed by atoms with E-state index in [1.165, 1.54) is 25.7 Å². The average Bonchev–Trinajstić information content (AvgIpc) is 2.19. The standard InChI is InChI=1S/C12H25NO/c1-4-6-10(2)12-11(9-13-3)7-5-8-14-12/h10-13H,4-9H2,1-3H3. The maximum atomic E-state index is 5.92. The van der Waals surface area contributed by atoms with Crippen LogP contribution in [0.15, 0.2) is 0 Å². The zero-order valence-electron chi connectivity index (χ0n) is 9.88. The van der Waals surface area contributed by atoms with Gasteiger partial charge in [-0.15, -0.1) is 0 Å². The van der Waals surface area contributed by atoms with Gasteiger partial charge in [-0.1, -0.05) is 20.3 Å². The first-order chi connectivity index (χ1) is 6.79. The Hall–Kier alpha value is -0.0800. The molecule has 0 saturated carbocycles. The van der Waals surface area contributed by atoms with Crippen LogP contribution in [0.4, 0.5) is 0 Å². The number of hydrogen-bond acceptors (Lipinski definition) is 2. The number of rotatable bonds is 5. The minimum atomic E-state index is 0.496. The predicted molar refractivity (Wildman–Crippen MR) is 60.5 cm³/mol. The molecular formula is C12H25NO. The fraction of sp³-hybridized carbons (Fsp3) is 1.00. The zero-order chi connectivity index (χ0) is 10.4. The van der Waals surface area contributed by atoms with Crippen molar-refractivity contribution in [1.82, 2.24) is 5.32 Å². The van der Waals surface area contributed by atoms with E-state index in [2.05, 4.69) is 19.2 Å². The molecule has 0 amide bonds. The normalized spacial score (nSPS) is 30.2. The topological polar surface area (TPSA) is 21.3 Å². The summed E-state index contributed by atoms with van der Waals surface area (Å²) in [4.78, 5) is 0. The lowest BCUT2D eigenvalue weighted by Crippen LogP contribution is -2.39. The van der Waals surface area contributed by atoms with Crippen molar-refractivity contribution in [2.75, 3.05) is 20.2 Å². The molecule has 1 aliphatic heterocycles. The van der Waals surface area contributed by atoms with Crippen molar-refractivity contribution in [3.63, 3.8) is 0 Å². The summed E-state index contributed by atoms with van der Waals surface area (Å²) in [6.07, 6.45) is 5.63. The van der Waals surface area contributed by atoms with Crippen LogP contribution in [0.1, 0.15) is 39.5 Å². The van der Waals surface area contributed by atoms with Crippen molar-refractivity contribution < 1.29 is 4.74 Å². The van der Waals surface area contributed by atoms with E-state index in [1.54, 1.807) is 0 Å². The van der Waals surface area contributed by atoms with Crippen molar-refractivity contribution in [1.29, 1.82) is 0 Å². The summed E-state index contributed by atoms with van der Waals surface area (Å²) in [5, 5.41) is 3.28. The van der Waals surface area contributed by atoms with Crippen LogP contribution in [0.2, 0.25) is 0 Å². The van der Waals surface area contributed by atoms with Crippen molar-refractivity contribution in [2.24, 2.45) is 11.8 Å².